The molecular weight excluding hydrogens is 266 g/mol. The summed E-state index contributed by atoms with van der Waals surface area (Å²) in [7, 11) is 0. The first-order valence-corrected chi connectivity index (χ1v) is 7.06. The number of anilines is 1. The molecule has 1 atom stereocenters. The average molecular weight is 283 g/mol. The van der Waals surface area contributed by atoms with Crippen LogP contribution in [0.5, 0.6) is 0 Å². The molecule has 1 saturated heterocycles. The fraction of sp³-hybridized carbons (Fsp3) is 0.312. The van der Waals surface area contributed by atoms with Gasteiger partial charge in [-0.2, -0.15) is 0 Å². The summed E-state index contributed by atoms with van der Waals surface area (Å²) < 4.78 is 0. The van der Waals surface area contributed by atoms with Crippen LogP contribution >= 0.6 is 0 Å². The normalized spacial score (nSPS) is 17.9. The van der Waals surface area contributed by atoms with Gasteiger partial charge in [-0.3, -0.25) is 4.79 Å². The van der Waals surface area contributed by atoms with Gasteiger partial charge in [-0.15, -0.1) is 0 Å². The molecule has 0 bridgehead atoms. The first kappa shape index (κ1) is 13.5. The number of nitrogens with zero attached hydrogens (tertiary/aromatic N) is 3. The summed E-state index contributed by atoms with van der Waals surface area (Å²) in [6.45, 7) is 1.26. The van der Waals surface area contributed by atoms with E-state index in [4.69, 9.17) is 5.11 Å². The van der Waals surface area contributed by atoms with Crippen molar-refractivity contribution in [2.45, 2.75) is 12.8 Å². The molecule has 5 heteroatoms. The third kappa shape index (κ3) is 3.18. The van der Waals surface area contributed by atoms with Gasteiger partial charge < -0.3 is 10.0 Å². The lowest BCUT2D eigenvalue weighted by Crippen LogP contribution is -2.23. The Balaban J connectivity index is 1.73. The highest BCUT2D eigenvalue weighted by molar-refractivity contribution is 5.71. The predicted molar refractivity (Wildman–Crippen MR) is 79.2 cm³/mol. The van der Waals surface area contributed by atoms with Crippen molar-refractivity contribution in [1.29, 1.82) is 0 Å². The maximum absolute atomic E-state index is 11.0. The fourth-order valence-electron chi connectivity index (χ4n) is 2.60. The van der Waals surface area contributed by atoms with E-state index in [9.17, 15) is 4.79 Å². The summed E-state index contributed by atoms with van der Waals surface area (Å²) in [5, 5.41) is 9.07. The van der Waals surface area contributed by atoms with Crippen LogP contribution < -0.4 is 4.90 Å². The van der Waals surface area contributed by atoms with Gasteiger partial charge in [0.05, 0.1) is 5.92 Å². The van der Waals surface area contributed by atoms with E-state index in [0.717, 1.165) is 18.2 Å². The van der Waals surface area contributed by atoms with Crippen LogP contribution in [0.15, 0.2) is 42.6 Å². The van der Waals surface area contributed by atoms with Gasteiger partial charge in [-0.05, 0) is 18.1 Å². The second-order valence-electron chi connectivity index (χ2n) is 5.26. The largest absolute Gasteiger partial charge is 0.481 e. The molecule has 1 aliphatic rings. The highest BCUT2D eigenvalue weighted by atomic mass is 16.4. The Morgan fingerprint density at radius 1 is 1.29 bits per heavy atom. The predicted octanol–water partition coefficient (Wildman–Crippen LogP) is 1.98. The smallest absolute Gasteiger partial charge is 0.308 e. The number of aromatic nitrogens is 2. The van der Waals surface area contributed by atoms with Crippen LogP contribution in [0.2, 0.25) is 0 Å². The minimum atomic E-state index is -0.726. The molecule has 0 amide bonds. The van der Waals surface area contributed by atoms with Crippen molar-refractivity contribution in [3.05, 3.63) is 54.0 Å². The van der Waals surface area contributed by atoms with E-state index in [1.807, 2.05) is 41.3 Å². The van der Waals surface area contributed by atoms with Gasteiger partial charge in [0.15, 0.2) is 0 Å². The zero-order chi connectivity index (χ0) is 14.7. The lowest BCUT2D eigenvalue weighted by molar-refractivity contribution is -0.140. The van der Waals surface area contributed by atoms with Gasteiger partial charge in [0.1, 0.15) is 11.6 Å². The van der Waals surface area contributed by atoms with E-state index in [1.54, 1.807) is 6.20 Å². The highest BCUT2D eigenvalue weighted by Gasteiger charge is 2.28. The molecule has 108 valence electrons. The molecule has 21 heavy (non-hydrogen) atoms. The number of rotatable bonds is 4. The Hall–Kier alpha value is -2.43. The minimum Gasteiger partial charge on any atom is -0.481 e. The lowest BCUT2D eigenvalue weighted by atomic mass is 10.1. The van der Waals surface area contributed by atoms with E-state index in [1.165, 1.54) is 5.56 Å². The summed E-state index contributed by atoms with van der Waals surface area (Å²) in [6.07, 6.45) is 3.10. The zero-order valence-electron chi connectivity index (χ0n) is 11.6. The zero-order valence-corrected chi connectivity index (χ0v) is 11.6. The van der Waals surface area contributed by atoms with Crippen LogP contribution in [-0.2, 0) is 11.2 Å². The Kier molecular flexibility index (Phi) is 3.81. The van der Waals surface area contributed by atoms with Crippen molar-refractivity contribution in [3.8, 4) is 0 Å². The molecule has 3 rings (SSSR count). The molecule has 2 heterocycles. The van der Waals surface area contributed by atoms with Crippen LogP contribution in [0.1, 0.15) is 17.8 Å². The third-order valence-electron chi connectivity index (χ3n) is 3.76. The van der Waals surface area contributed by atoms with Gasteiger partial charge in [0.25, 0.3) is 0 Å². The lowest BCUT2D eigenvalue weighted by Gasteiger charge is -2.17. The Morgan fingerprint density at radius 3 is 2.81 bits per heavy atom. The molecule has 0 aliphatic carbocycles. The SMILES string of the molecule is O=C(O)C1CCN(c2ccnc(Cc3ccccc3)n2)C1. The molecule has 1 aliphatic heterocycles. The molecule has 0 radical (unpaired) electrons. The number of carboxylic acid groups (broad SMARTS) is 1. The first-order chi connectivity index (χ1) is 10.2. The van der Waals surface area contributed by atoms with Crippen molar-refractivity contribution in [1.82, 2.24) is 9.97 Å². The fourth-order valence-corrected chi connectivity index (χ4v) is 2.60. The summed E-state index contributed by atoms with van der Waals surface area (Å²) in [6, 6.07) is 11.9. The number of benzene rings is 1. The van der Waals surface area contributed by atoms with E-state index in [0.29, 0.717) is 19.4 Å². The quantitative estimate of drug-likeness (QED) is 0.929. The van der Waals surface area contributed by atoms with Gasteiger partial charge in [-0.25, -0.2) is 9.97 Å². The minimum absolute atomic E-state index is 0.294. The summed E-state index contributed by atoms with van der Waals surface area (Å²) >= 11 is 0. The Morgan fingerprint density at radius 2 is 2.10 bits per heavy atom. The van der Waals surface area contributed by atoms with Crippen LogP contribution in [0.3, 0.4) is 0 Å². The monoisotopic (exact) mass is 283 g/mol. The van der Waals surface area contributed by atoms with Crippen LogP contribution in [0.4, 0.5) is 5.82 Å². The number of hydrogen-bond donors (Lipinski definition) is 1. The maximum Gasteiger partial charge on any atom is 0.308 e. The van der Waals surface area contributed by atoms with Crippen LogP contribution in [-0.4, -0.2) is 34.1 Å². The van der Waals surface area contributed by atoms with Crippen molar-refractivity contribution < 1.29 is 9.90 Å². The molecule has 0 spiro atoms. The van der Waals surface area contributed by atoms with Crippen molar-refractivity contribution in [2.24, 2.45) is 5.92 Å². The Labute approximate surface area is 123 Å². The molecule has 1 N–H and O–H groups in total. The summed E-state index contributed by atoms with van der Waals surface area (Å²) in [4.78, 5) is 21.9. The summed E-state index contributed by atoms with van der Waals surface area (Å²) in [5.41, 5.74) is 1.17. The van der Waals surface area contributed by atoms with E-state index in [2.05, 4.69) is 9.97 Å². The number of carbonyl (C=O) groups is 1. The van der Waals surface area contributed by atoms with E-state index < -0.39 is 5.97 Å². The van der Waals surface area contributed by atoms with E-state index in [-0.39, 0.29) is 5.92 Å². The standard InChI is InChI=1S/C16H17N3O2/c20-16(21)13-7-9-19(11-13)15-6-8-17-14(18-15)10-12-4-2-1-3-5-12/h1-6,8,13H,7,9-11H2,(H,20,21). The third-order valence-corrected chi connectivity index (χ3v) is 3.76. The molecule has 5 nitrogen and oxygen atoms in total. The highest BCUT2D eigenvalue weighted by Crippen LogP contribution is 2.22. The van der Waals surface area contributed by atoms with Crippen LogP contribution in [0, 0.1) is 5.92 Å². The maximum atomic E-state index is 11.0. The molecule has 1 aromatic carbocycles. The molecule has 1 fully saturated rings. The number of carboxylic acids is 1. The Bertz CT molecular complexity index is 630. The van der Waals surface area contributed by atoms with Gasteiger partial charge in [0, 0.05) is 25.7 Å². The second-order valence-corrected chi connectivity index (χ2v) is 5.26. The molecular formula is C16H17N3O2. The molecule has 2 aromatic rings. The van der Waals surface area contributed by atoms with Crippen molar-refractivity contribution >= 4 is 11.8 Å². The van der Waals surface area contributed by atoms with Gasteiger partial charge in [0.2, 0.25) is 0 Å². The summed E-state index contributed by atoms with van der Waals surface area (Å²) in [5.74, 6) is 0.561. The van der Waals surface area contributed by atoms with Gasteiger partial charge in [-0.1, -0.05) is 30.3 Å². The number of hydrogen-bond acceptors (Lipinski definition) is 4. The average Bonchev–Trinajstić information content (AvgIpc) is 2.99. The molecule has 0 saturated carbocycles. The molecule has 1 aromatic heterocycles. The first-order valence-electron chi connectivity index (χ1n) is 7.06. The topological polar surface area (TPSA) is 66.3 Å². The van der Waals surface area contributed by atoms with Crippen molar-refractivity contribution in [2.75, 3.05) is 18.0 Å². The molecule has 1 unspecified atom stereocenters. The van der Waals surface area contributed by atoms with Crippen molar-refractivity contribution in [3.63, 3.8) is 0 Å². The van der Waals surface area contributed by atoms with Gasteiger partial charge >= 0.3 is 5.97 Å². The second kappa shape index (κ2) is 5.91. The number of aliphatic carboxylic acids is 1. The van der Waals surface area contributed by atoms with E-state index >= 15 is 0 Å². The van der Waals surface area contributed by atoms with Crippen LogP contribution in [0.25, 0.3) is 0 Å².